The van der Waals surface area contributed by atoms with Crippen molar-refractivity contribution in [2.24, 2.45) is 11.8 Å². The van der Waals surface area contributed by atoms with Crippen LogP contribution in [-0.2, 0) is 32.9 Å². The van der Waals surface area contributed by atoms with Gasteiger partial charge in [-0.1, -0.05) is 131 Å². The van der Waals surface area contributed by atoms with Crippen molar-refractivity contribution in [1.29, 1.82) is 0 Å². The molecule has 1 aliphatic rings. The molecule has 0 fully saturated rings. The van der Waals surface area contributed by atoms with Crippen molar-refractivity contribution in [2.75, 3.05) is 13.2 Å². The van der Waals surface area contributed by atoms with E-state index >= 15 is 0 Å². The summed E-state index contributed by atoms with van der Waals surface area (Å²) in [4.78, 5) is 55.3. The summed E-state index contributed by atoms with van der Waals surface area (Å²) in [5.74, 6) is -1.32. The Balaban J connectivity index is 2.28. The molecule has 1 aliphatic carbocycles. The zero-order chi connectivity index (χ0) is 41.1. The molecule has 0 aromatic heterocycles. The molecule has 1 rings (SSSR count). The summed E-state index contributed by atoms with van der Waals surface area (Å²) in [5, 5.41) is 10.2. The molecule has 314 valence electrons. The molecule has 0 saturated carbocycles. The number of rotatable bonds is 33. The largest absolute Gasteiger partial charge is 0.469 e. The van der Waals surface area contributed by atoms with Crippen LogP contribution >= 0.6 is 7.82 Å². The minimum atomic E-state index is -4.82. The number of carbonyl (C=O) groups is 3. The maximum absolute atomic E-state index is 12.4. The highest BCUT2D eigenvalue weighted by molar-refractivity contribution is 7.46. The van der Waals surface area contributed by atoms with Crippen LogP contribution in [0.4, 0.5) is 0 Å². The average molecular weight is 801 g/mol. The fourth-order valence-electron chi connectivity index (χ4n) is 5.68. The summed E-state index contributed by atoms with van der Waals surface area (Å²) in [6, 6.07) is 0. The Labute approximate surface area is 336 Å². The Hall–Kier alpha value is -3.40. The first kappa shape index (κ1) is 50.6. The number of ether oxygens (including phenoxy) is 2. The highest BCUT2D eigenvalue weighted by Gasteiger charge is 2.27. The lowest BCUT2D eigenvalue weighted by Crippen LogP contribution is -2.29. The van der Waals surface area contributed by atoms with Crippen LogP contribution in [0.3, 0.4) is 0 Å². The van der Waals surface area contributed by atoms with E-state index in [4.69, 9.17) is 19.3 Å². The van der Waals surface area contributed by atoms with Gasteiger partial charge in [-0.05, 0) is 89.0 Å². The van der Waals surface area contributed by atoms with E-state index in [1.807, 2.05) is 24.3 Å². The molecule has 0 radical (unpaired) electrons. The van der Waals surface area contributed by atoms with Crippen LogP contribution in [0.2, 0.25) is 0 Å². The Morgan fingerprint density at radius 1 is 0.750 bits per heavy atom. The first-order valence-electron chi connectivity index (χ1n) is 20.6. The lowest BCUT2D eigenvalue weighted by Gasteiger charge is -2.18. The monoisotopic (exact) mass is 800 g/mol. The number of ketones is 1. The fraction of sp³-hybridized carbons (Fsp3) is 0.578. The Kier molecular flexibility index (Phi) is 30.5. The summed E-state index contributed by atoms with van der Waals surface area (Å²) < 4.78 is 26.3. The van der Waals surface area contributed by atoms with E-state index < -0.39 is 38.6 Å². The molecule has 0 heterocycles. The molecule has 4 atom stereocenters. The molecule has 10 nitrogen and oxygen atoms in total. The van der Waals surface area contributed by atoms with E-state index in [0.717, 1.165) is 70.6 Å². The molecule has 11 heteroatoms. The lowest BCUT2D eigenvalue weighted by molar-refractivity contribution is -0.161. The standard InChI is InChI=1S/C45H69O10P/c1-3-5-7-8-9-10-11-12-13-14-15-16-17-18-19-20-21-22-28-32-45(49)55-41(38-54-56(50,51)52)37-53-44(48)31-27-24-23-26-29-39-33-36-43(47)42(39)35-34-40(46)30-25-6-4-2/h5,7,9-10,12-13,15-16,18-19,23,26,33-36,39-42,46H,3-4,6,8,11,14,17,20-22,24-25,27-32,37-38H2,1-2H3,(H2,50,51,52)/b7-5-,10-9-,13-12-,16-15-,19-18-,26-23-,35-34+/t39-,40-,41+,42+/m0/s1. The lowest BCUT2D eigenvalue weighted by atomic mass is 9.90. The molecule has 3 N–H and O–H groups in total. The van der Waals surface area contributed by atoms with E-state index in [0.29, 0.717) is 32.1 Å². The smallest absolute Gasteiger partial charge is 0.462 e. The van der Waals surface area contributed by atoms with Gasteiger partial charge in [-0.15, -0.1) is 0 Å². The number of phosphoric acid groups is 1. The molecule has 0 aromatic rings. The van der Waals surface area contributed by atoms with Gasteiger partial charge in [0.05, 0.1) is 12.7 Å². The van der Waals surface area contributed by atoms with Crippen LogP contribution < -0.4 is 0 Å². The second-order valence-corrected chi connectivity index (χ2v) is 15.1. The molecule has 0 aromatic carbocycles. The molecule has 56 heavy (non-hydrogen) atoms. The minimum Gasteiger partial charge on any atom is -0.462 e. The van der Waals surface area contributed by atoms with Crippen LogP contribution in [0.5, 0.6) is 0 Å². The zero-order valence-corrected chi connectivity index (χ0v) is 34.7. The quantitative estimate of drug-likeness (QED) is 0.0253. The number of unbranched alkanes of at least 4 members (excludes halogenated alkanes) is 6. The van der Waals surface area contributed by atoms with E-state index in [-0.39, 0.29) is 37.1 Å². The first-order chi connectivity index (χ1) is 27.1. The maximum Gasteiger partial charge on any atom is 0.469 e. The predicted molar refractivity (Wildman–Crippen MR) is 224 cm³/mol. The van der Waals surface area contributed by atoms with Gasteiger partial charge in [-0.2, -0.15) is 0 Å². The third kappa shape index (κ3) is 29.8. The van der Waals surface area contributed by atoms with Crippen molar-refractivity contribution in [3.05, 3.63) is 97.2 Å². The van der Waals surface area contributed by atoms with Gasteiger partial charge in [0.15, 0.2) is 11.9 Å². The fourth-order valence-corrected chi connectivity index (χ4v) is 6.04. The molecule has 0 amide bonds. The van der Waals surface area contributed by atoms with E-state index in [9.17, 15) is 24.1 Å². The van der Waals surface area contributed by atoms with E-state index in [1.165, 1.54) is 0 Å². The van der Waals surface area contributed by atoms with Gasteiger partial charge in [-0.25, -0.2) is 4.57 Å². The topological polar surface area (TPSA) is 157 Å². The number of esters is 2. The first-order valence-corrected chi connectivity index (χ1v) is 22.1. The summed E-state index contributed by atoms with van der Waals surface area (Å²) in [7, 11) is -4.82. The van der Waals surface area contributed by atoms with Gasteiger partial charge in [-0.3, -0.25) is 18.9 Å². The summed E-state index contributed by atoms with van der Waals surface area (Å²) in [6.45, 7) is 3.25. The van der Waals surface area contributed by atoms with Crippen LogP contribution in [-0.4, -0.2) is 58.0 Å². The minimum absolute atomic E-state index is 0.0208. The molecule has 0 spiro atoms. The SMILES string of the molecule is CC/C=C\C/C=C\C/C=C\C/C=C\C/C=C\CCCCCC(=O)O[C@H](COC(=O)CCC/C=C\C[C@H]1C=CC(=O)[C@@H]1/C=C/[C@@H](O)CCCCC)COP(=O)(O)O. The number of aliphatic hydroxyl groups is 1. The van der Waals surface area contributed by atoms with Gasteiger partial charge < -0.3 is 24.4 Å². The second-order valence-electron chi connectivity index (χ2n) is 13.9. The van der Waals surface area contributed by atoms with Gasteiger partial charge in [0.1, 0.15) is 6.61 Å². The number of aliphatic hydroxyl groups excluding tert-OH is 1. The predicted octanol–water partition coefficient (Wildman–Crippen LogP) is 10.2. The average Bonchev–Trinajstić information content (AvgIpc) is 3.52. The zero-order valence-electron chi connectivity index (χ0n) is 33.8. The van der Waals surface area contributed by atoms with Crippen LogP contribution in [0.1, 0.15) is 129 Å². The number of hydrogen-bond donors (Lipinski definition) is 3. The highest BCUT2D eigenvalue weighted by Crippen LogP contribution is 2.36. The van der Waals surface area contributed by atoms with Crippen molar-refractivity contribution in [2.45, 2.75) is 142 Å². The summed E-state index contributed by atoms with van der Waals surface area (Å²) in [6.07, 6.45) is 44.7. The molecule has 0 saturated heterocycles. The molecular formula is C45H69O10P. The van der Waals surface area contributed by atoms with Crippen molar-refractivity contribution in [3.8, 4) is 0 Å². The Morgan fingerprint density at radius 2 is 1.36 bits per heavy atom. The van der Waals surface area contributed by atoms with Gasteiger partial charge in [0.25, 0.3) is 0 Å². The Bertz CT molecular complexity index is 1370. The van der Waals surface area contributed by atoms with E-state index in [2.05, 4.69) is 79.1 Å². The van der Waals surface area contributed by atoms with Crippen molar-refractivity contribution in [1.82, 2.24) is 0 Å². The van der Waals surface area contributed by atoms with Gasteiger partial charge in [0, 0.05) is 18.8 Å². The summed E-state index contributed by atoms with van der Waals surface area (Å²) in [5.41, 5.74) is 0. The second kappa shape index (κ2) is 33.7. The van der Waals surface area contributed by atoms with Crippen LogP contribution in [0.25, 0.3) is 0 Å². The van der Waals surface area contributed by atoms with Gasteiger partial charge in [0.2, 0.25) is 0 Å². The van der Waals surface area contributed by atoms with Crippen LogP contribution in [0, 0.1) is 11.8 Å². The summed E-state index contributed by atoms with van der Waals surface area (Å²) >= 11 is 0. The van der Waals surface area contributed by atoms with Crippen molar-refractivity contribution < 1.29 is 47.8 Å². The van der Waals surface area contributed by atoms with Crippen molar-refractivity contribution in [3.63, 3.8) is 0 Å². The normalized spacial score (nSPS) is 17.7. The Morgan fingerprint density at radius 3 is 2.00 bits per heavy atom. The molecule has 0 bridgehead atoms. The molecule has 0 aliphatic heterocycles. The third-order valence-corrected chi connectivity index (χ3v) is 9.32. The number of hydrogen-bond acceptors (Lipinski definition) is 8. The molecular weight excluding hydrogens is 731 g/mol. The van der Waals surface area contributed by atoms with Crippen LogP contribution in [0.15, 0.2) is 97.2 Å². The number of allylic oxidation sites excluding steroid dienone is 15. The highest BCUT2D eigenvalue weighted by atomic mass is 31.2. The number of phosphoric ester groups is 1. The van der Waals surface area contributed by atoms with E-state index in [1.54, 1.807) is 12.2 Å². The van der Waals surface area contributed by atoms with Gasteiger partial charge >= 0.3 is 19.8 Å². The maximum atomic E-state index is 12.4. The number of carbonyl (C=O) groups excluding carboxylic acids is 3. The third-order valence-electron chi connectivity index (χ3n) is 8.83. The van der Waals surface area contributed by atoms with Crippen molar-refractivity contribution >= 4 is 25.5 Å². The molecule has 0 unspecified atom stereocenters.